The van der Waals surface area contributed by atoms with Crippen LogP contribution in [0.3, 0.4) is 0 Å². The summed E-state index contributed by atoms with van der Waals surface area (Å²) in [4.78, 5) is 0. The number of hydrogen-bond acceptors (Lipinski definition) is 1. The van der Waals surface area contributed by atoms with Gasteiger partial charge in [-0.1, -0.05) is 20.8 Å². The van der Waals surface area contributed by atoms with Gasteiger partial charge in [0, 0.05) is 0 Å². The van der Waals surface area contributed by atoms with Crippen LogP contribution in [0.4, 0.5) is 13.2 Å². The molecule has 0 saturated carbocycles. The number of rotatable bonds is 2. The zero-order chi connectivity index (χ0) is 13.4. The highest BCUT2D eigenvalue weighted by Crippen LogP contribution is 2.40. The molecule has 0 aliphatic heterocycles. The minimum absolute atomic E-state index is 0.0817. The second kappa shape index (κ2) is 4.59. The second-order valence-electron chi connectivity index (χ2n) is 4.76. The fraction of sp³-hybridized carbons (Fsp3) is 0.538. The quantitative estimate of drug-likeness (QED) is 0.815. The fourth-order valence-electron chi connectivity index (χ4n) is 1.69. The summed E-state index contributed by atoms with van der Waals surface area (Å²) < 4.78 is 38.7. The average Bonchev–Trinajstić information content (AvgIpc) is 2.18. The molecule has 0 fully saturated rings. The molecular formula is C13H17F3O. The number of aryl methyl sites for hydroxylation is 1. The van der Waals surface area contributed by atoms with Crippen LogP contribution in [-0.4, -0.2) is 5.11 Å². The molecule has 1 unspecified atom stereocenters. The van der Waals surface area contributed by atoms with Crippen molar-refractivity contribution in [2.75, 3.05) is 0 Å². The third-order valence-electron chi connectivity index (χ3n) is 3.16. The molecular weight excluding hydrogens is 229 g/mol. The maximum absolute atomic E-state index is 12.9. The van der Waals surface area contributed by atoms with Gasteiger partial charge in [-0.3, -0.25) is 0 Å². The first kappa shape index (κ1) is 13.9. The van der Waals surface area contributed by atoms with Crippen molar-refractivity contribution in [1.82, 2.24) is 0 Å². The molecule has 0 heterocycles. The Morgan fingerprint density at radius 3 is 2.06 bits per heavy atom. The molecule has 4 heteroatoms. The van der Waals surface area contributed by atoms with Gasteiger partial charge in [-0.2, -0.15) is 13.2 Å². The van der Waals surface area contributed by atoms with Gasteiger partial charge in [0.2, 0.25) is 0 Å². The number of hydrogen-bond donors (Lipinski definition) is 1. The van der Waals surface area contributed by atoms with Gasteiger partial charge in [-0.15, -0.1) is 0 Å². The average molecular weight is 246 g/mol. The molecule has 1 rings (SSSR count). The zero-order valence-electron chi connectivity index (χ0n) is 10.4. The molecule has 1 aromatic rings. The number of halogens is 3. The van der Waals surface area contributed by atoms with Crippen LogP contribution in [0.15, 0.2) is 12.1 Å². The SMILES string of the molecule is Cc1cc(C(F)(F)F)c(C(C)C(C)C)cc1O. The van der Waals surface area contributed by atoms with Crippen LogP contribution >= 0.6 is 0 Å². The lowest BCUT2D eigenvalue weighted by atomic mass is 9.86. The summed E-state index contributed by atoms with van der Waals surface area (Å²) >= 11 is 0. The van der Waals surface area contributed by atoms with Gasteiger partial charge in [-0.25, -0.2) is 0 Å². The van der Waals surface area contributed by atoms with E-state index in [1.165, 1.54) is 13.0 Å². The first-order chi connectivity index (χ1) is 7.64. The largest absolute Gasteiger partial charge is 0.508 e. The van der Waals surface area contributed by atoms with Crippen LogP contribution in [0.5, 0.6) is 5.75 Å². The maximum Gasteiger partial charge on any atom is 0.416 e. The third-order valence-corrected chi connectivity index (χ3v) is 3.16. The number of phenols is 1. The van der Waals surface area contributed by atoms with E-state index in [1.54, 1.807) is 6.92 Å². The van der Waals surface area contributed by atoms with Gasteiger partial charge in [0.25, 0.3) is 0 Å². The molecule has 0 bridgehead atoms. The highest BCUT2D eigenvalue weighted by molar-refractivity contribution is 5.44. The van der Waals surface area contributed by atoms with Gasteiger partial charge in [0.1, 0.15) is 5.75 Å². The summed E-state index contributed by atoms with van der Waals surface area (Å²) in [5.41, 5.74) is -0.235. The number of aromatic hydroxyl groups is 1. The van der Waals surface area contributed by atoms with Crippen LogP contribution in [-0.2, 0) is 6.18 Å². The van der Waals surface area contributed by atoms with Crippen molar-refractivity contribution in [2.45, 2.75) is 39.8 Å². The van der Waals surface area contributed by atoms with E-state index in [2.05, 4.69) is 0 Å². The predicted octanol–water partition coefficient (Wildman–Crippen LogP) is 4.48. The minimum atomic E-state index is -4.38. The molecule has 0 saturated heterocycles. The summed E-state index contributed by atoms with van der Waals surface area (Å²) in [6, 6.07) is 2.26. The lowest BCUT2D eigenvalue weighted by Gasteiger charge is -2.22. The molecule has 0 aromatic heterocycles. The van der Waals surface area contributed by atoms with E-state index in [-0.39, 0.29) is 28.7 Å². The summed E-state index contributed by atoms with van der Waals surface area (Å²) in [6.07, 6.45) is -4.38. The molecule has 0 amide bonds. The summed E-state index contributed by atoms with van der Waals surface area (Å²) in [6.45, 7) is 6.93. The van der Waals surface area contributed by atoms with Crippen molar-refractivity contribution < 1.29 is 18.3 Å². The molecule has 1 atom stereocenters. The van der Waals surface area contributed by atoms with Crippen LogP contribution in [0.1, 0.15) is 43.4 Å². The van der Waals surface area contributed by atoms with Gasteiger partial charge in [0.15, 0.2) is 0 Å². The molecule has 96 valence electrons. The van der Waals surface area contributed by atoms with Gasteiger partial charge in [-0.05, 0) is 42.0 Å². The summed E-state index contributed by atoms with van der Waals surface area (Å²) in [7, 11) is 0. The third kappa shape index (κ3) is 2.93. The Balaban J connectivity index is 3.41. The lowest BCUT2D eigenvalue weighted by Crippen LogP contribution is -2.14. The van der Waals surface area contributed by atoms with Crippen LogP contribution in [0.2, 0.25) is 0 Å². The highest BCUT2D eigenvalue weighted by atomic mass is 19.4. The zero-order valence-corrected chi connectivity index (χ0v) is 10.4. The van der Waals surface area contributed by atoms with Crippen molar-refractivity contribution >= 4 is 0 Å². The fourth-order valence-corrected chi connectivity index (χ4v) is 1.69. The Kier molecular flexibility index (Phi) is 3.74. The number of phenolic OH excluding ortho intramolecular Hbond substituents is 1. The minimum Gasteiger partial charge on any atom is -0.508 e. The molecule has 1 nitrogen and oxygen atoms in total. The highest BCUT2D eigenvalue weighted by Gasteiger charge is 2.35. The first-order valence-electron chi connectivity index (χ1n) is 5.55. The molecule has 1 N–H and O–H groups in total. The number of alkyl halides is 3. The molecule has 0 radical (unpaired) electrons. The summed E-state index contributed by atoms with van der Waals surface area (Å²) in [5, 5.41) is 9.55. The Labute approximate surface area is 99.3 Å². The smallest absolute Gasteiger partial charge is 0.416 e. The normalized spacial score (nSPS) is 14.1. The molecule has 0 aliphatic rings. The van der Waals surface area contributed by atoms with E-state index < -0.39 is 11.7 Å². The van der Waals surface area contributed by atoms with Gasteiger partial charge < -0.3 is 5.11 Å². The van der Waals surface area contributed by atoms with Gasteiger partial charge >= 0.3 is 6.18 Å². The molecule has 0 aliphatic carbocycles. The topological polar surface area (TPSA) is 20.2 Å². The predicted molar refractivity (Wildman–Crippen MR) is 61.1 cm³/mol. The first-order valence-corrected chi connectivity index (χ1v) is 5.55. The van der Waals surface area contributed by atoms with E-state index in [0.29, 0.717) is 0 Å². The number of benzene rings is 1. The van der Waals surface area contributed by atoms with E-state index in [0.717, 1.165) is 6.07 Å². The van der Waals surface area contributed by atoms with Crippen LogP contribution in [0, 0.1) is 12.8 Å². The van der Waals surface area contributed by atoms with Crippen molar-refractivity contribution in [1.29, 1.82) is 0 Å². The molecule has 17 heavy (non-hydrogen) atoms. The monoisotopic (exact) mass is 246 g/mol. The van der Waals surface area contributed by atoms with E-state index in [9.17, 15) is 18.3 Å². The summed E-state index contributed by atoms with van der Waals surface area (Å²) in [5.74, 6) is -0.253. The second-order valence-corrected chi connectivity index (χ2v) is 4.76. The van der Waals surface area contributed by atoms with Crippen molar-refractivity contribution in [3.8, 4) is 5.75 Å². The van der Waals surface area contributed by atoms with E-state index >= 15 is 0 Å². The van der Waals surface area contributed by atoms with Crippen LogP contribution < -0.4 is 0 Å². The maximum atomic E-state index is 12.9. The molecule has 0 spiro atoms. The lowest BCUT2D eigenvalue weighted by molar-refractivity contribution is -0.138. The Morgan fingerprint density at radius 1 is 1.12 bits per heavy atom. The van der Waals surface area contributed by atoms with Crippen molar-refractivity contribution in [2.24, 2.45) is 5.92 Å². The Hall–Kier alpha value is -1.19. The Morgan fingerprint density at radius 2 is 1.65 bits per heavy atom. The van der Waals surface area contributed by atoms with Gasteiger partial charge in [0.05, 0.1) is 5.56 Å². The van der Waals surface area contributed by atoms with Crippen LogP contribution in [0.25, 0.3) is 0 Å². The van der Waals surface area contributed by atoms with Crippen molar-refractivity contribution in [3.63, 3.8) is 0 Å². The van der Waals surface area contributed by atoms with E-state index in [1.807, 2.05) is 13.8 Å². The Bertz CT molecular complexity index is 408. The standard InChI is InChI=1S/C13H17F3O/c1-7(2)9(4)10-6-12(17)8(3)5-11(10)13(14,15)16/h5-7,9,17H,1-4H3. The molecule has 1 aromatic carbocycles. The van der Waals surface area contributed by atoms with E-state index in [4.69, 9.17) is 0 Å². The van der Waals surface area contributed by atoms with Crippen molar-refractivity contribution in [3.05, 3.63) is 28.8 Å².